The third kappa shape index (κ3) is 5.87. The lowest BCUT2D eigenvalue weighted by molar-refractivity contribution is -0.118. The number of anilines is 2. The largest absolute Gasteiger partial charge is 0.484 e. The molecule has 1 amide bonds. The molecule has 29 heavy (non-hydrogen) atoms. The summed E-state index contributed by atoms with van der Waals surface area (Å²) in [7, 11) is -3.72. The van der Waals surface area contributed by atoms with Crippen LogP contribution >= 0.6 is 23.2 Å². The van der Waals surface area contributed by atoms with Crippen LogP contribution < -0.4 is 14.8 Å². The van der Waals surface area contributed by atoms with Gasteiger partial charge in [-0.3, -0.25) is 9.52 Å². The van der Waals surface area contributed by atoms with Crippen molar-refractivity contribution in [3.8, 4) is 5.75 Å². The first-order valence-corrected chi connectivity index (χ1v) is 10.6. The maximum atomic E-state index is 12.4. The first kappa shape index (κ1) is 21.0. The van der Waals surface area contributed by atoms with Gasteiger partial charge in [0.15, 0.2) is 6.61 Å². The monoisotopic (exact) mass is 450 g/mol. The highest BCUT2D eigenvalue weighted by Gasteiger charge is 2.14. The molecule has 0 heterocycles. The summed E-state index contributed by atoms with van der Waals surface area (Å²) < 4.78 is 32.7. The number of para-hydroxylation sites is 1. The van der Waals surface area contributed by atoms with Crippen molar-refractivity contribution < 1.29 is 17.9 Å². The zero-order valence-corrected chi connectivity index (χ0v) is 17.3. The fourth-order valence-corrected chi connectivity index (χ4v) is 3.71. The average Bonchev–Trinajstić information content (AvgIpc) is 2.70. The lowest BCUT2D eigenvalue weighted by Crippen LogP contribution is -2.20. The molecule has 0 radical (unpaired) electrons. The van der Waals surface area contributed by atoms with Crippen LogP contribution in [0.1, 0.15) is 0 Å². The van der Waals surface area contributed by atoms with Crippen molar-refractivity contribution in [2.24, 2.45) is 0 Å². The van der Waals surface area contributed by atoms with Gasteiger partial charge in [-0.25, -0.2) is 8.42 Å². The molecule has 0 aliphatic heterocycles. The third-order valence-electron chi connectivity index (χ3n) is 3.73. The molecule has 0 fully saturated rings. The molecule has 0 spiro atoms. The Labute approximate surface area is 178 Å². The van der Waals surface area contributed by atoms with Gasteiger partial charge in [-0.15, -0.1) is 0 Å². The normalized spacial score (nSPS) is 11.0. The van der Waals surface area contributed by atoms with Crippen LogP contribution in [0.25, 0.3) is 0 Å². The minimum absolute atomic E-state index is 0.0777. The van der Waals surface area contributed by atoms with Crippen LogP contribution in [0.5, 0.6) is 5.75 Å². The molecular weight excluding hydrogens is 435 g/mol. The molecule has 2 N–H and O–H groups in total. The molecule has 3 aromatic carbocycles. The van der Waals surface area contributed by atoms with E-state index < -0.39 is 15.9 Å². The van der Waals surface area contributed by atoms with Crippen LogP contribution in [0.4, 0.5) is 11.4 Å². The van der Waals surface area contributed by atoms with E-state index >= 15 is 0 Å². The maximum Gasteiger partial charge on any atom is 0.262 e. The molecule has 0 saturated carbocycles. The number of hydrogen-bond donors (Lipinski definition) is 2. The standard InChI is InChI=1S/C20H16Cl2N2O4S/c21-18-11-6-15(12-19(18)22)23-20(25)13-28-16-7-9-17(10-8-16)29(26,27)24-14-4-2-1-3-5-14/h1-12,24H,13H2,(H,23,25). The smallest absolute Gasteiger partial charge is 0.262 e. The fourth-order valence-electron chi connectivity index (χ4n) is 2.36. The van der Waals surface area contributed by atoms with Crippen molar-refractivity contribution in [1.29, 1.82) is 0 Å². The Morgan fingerprint density at radius 1 is 0.862 bits per heavy atom. The Morgan fingerprint density at radius 2 is 1.55 bits per heavy atom. The molecule has 0 aliphatic carbocycles. The summed E-state index contributed by atoms with van der Waals surface area (Å²) in [6, 6.07) is 19.0. The van der Waals surface area contributed by atoms with Crippen LogP contribution in [0.2, 0.25) is 10.0 Å². The number of carbonyl (C=O) groups excluding carboxylic acids is 1. The zero-order chi connectivity index (χ0) is 20.9. The van der Waals surface area contributed by atoms with E-state index in [1.165, 1.54) is 30.3 Å². The lowest BCUT2D eigenvalue weighted by Gasteiger charge is -2.10. The molecule has 0 atom stereocenters. The van der Waals surface area contributed by atoms with Crippen LogP contribution in [0.15, 0.2) is 77.7 Å². The summed E-state index contributed by atoms with van der Waals surface area (Å²) in [6.45, 7) is -0.255. The van der Waals surface area contributed by atoms with Gasteiger partial charge in [-0.2, -0.15) is 0 Å². The molecular formula is C20H16Cl2N2O4S. The third-order valence-corrected chi connectivity index (χ3v) is 5.87. The summed E-state index contributed by atoms with van der Waals surface area (Å²) >= 11 is 11.7. The van der Waals surface area contributed by atoms with E-state index in [0.717, 1.165) is 0 Å². The summed E-state index contributed by atoms with van der Waals surface area (Å²) in [5.41, 5.74) is 0.952. The van der Waals surface area contributed by atoms with Crippen molar-refractivity contribution in [3.05, 3.63) is 82.8 Å². The van der Waals surface area contributed by atoms with Crippen LogP contribution in [-0.4, -0.2) is 20.9 Å². The van der Waals surface area contributed by atoms with Gasteiger partial charge < -0.3 is 10.1 Å². The highest BCUT2D eigenvalue weighted by molar-refractivity contribution is 7.92. The van der Waals surface area contributed by atoms with E-state index in [-0.39, 0.29) is 11.5 Å². The van der Waals surface area contributed by atoms with Crippen LogP contribution in [0.3, 0.4) is 0 Å². The molecule has 0 bridgehead atoms. The molecule has 3 aromatic rings. The lowest BCUT2D eigenvalue weighted by atomic mass is 10.3. The van der Waals surface area contributed by atoms with Crippen LogP contribution in [-0.2, 0) is 14.8 Å². The number of halogens is 2. The molecule has 3 rings (SSSR count). The predicted molar refractivity (Wildman–Crippen MR) is 114 cm³/mol. The van der Waals surface area contributed by atoms with E-state index in [1.807, 2.05) is 0 Å². The van der Waals surface area contributed by atoms with Gasteiger partial charge in [0.1, 0.15) is 5.75 Å². The van der Waals surface area contributed by atoms with Crippen molar-refractivity contribution in [2.45, 2.75) is 4.90 Å². The summed E-state index contributed by atoms with van der Waals surface area (Å²) in [4.78, 5) is 12.1. The maximum absolute atomic E-state index is 12.4. The van der Waals surface area contributed by atoms with Crippen molar-refractivity contribution in [1.82, 2.24) is 0 Å². The molecule has 150 valence electrons. The van der Waals surface area contributed by atoms with Gasteiger partial charge in [0.25, 0.3) is 15.9 Å². The second-order valence-electron chi connectivity index (χ2n) is 5.91. The van der Waals surface area contributed by atoms with E-state index in [9.17, 15) is 13.2 Å². The molecule has 0 aliphatic rings. The number of nitrogens with one attached hydrogen (secondary N) is 2. The van der Waals surface area contributed by atoms with E-state index in [1.54, 1.807) is 42.5 Å². The number of benzene rings is 3. The molecule has 6 nitrogen and oxygen atoms in total. The number of carbonyl (C=O) groups is 1. The summed E-state index contributed by atoms with van der Waals surface area (Å²) in [6.07, 6.45) is 0. The second kappa shape index (κ2) is 9.17. The quantitative estimate of drug-likeness (QED) is 0.540. The zero-order valence-electron chi connectivity index (χ0n) is 14.9. The minimum atomic E-state index is -3.72. The second-order valence-corrected chi connectivity index (χ2v) is 8.41. The number of sulfonamides is 1. The van der Waals surface area contributed by atoms with Gasteiger partial charge >= 0.3 is 0 Å². The highest BCUT2D eigenvalue weighted by atomic mass is 35.5. The van der Waals surface area contributed by atoms with Gasteiger partial charge in [0, 0.05) is 11.4 Å². The highest BCUT2D eigenvalue weighted by Crippen LogP contribution is 2.25. The molecule has 0 saturated heterocycles. The number of ether oxygens (including phenoxy) is 1. The van der Waals surface area contributed by atoms with Crippen LogP contribution in [0, 0.1) is 0 Å². The van der Waals surface area contributed by atoms with Crippen molar-refractivity contribution in [2.75, 3.05) is 16.6 Å². The summed E-state index contributed by atoms with van der Waals surface area (Å²) in [5.74, 6) is -0.0428. The van der Waals surface area contributed by atoms with E-state index in [0.29, 0.717) is 27.2 Å². The van der Waals surface area contributed by atoms with Gasteiger partial charge in [-0.05, 0) is 54.6 Å². The predicted octanol–water partition coefficient (Wildman–Crippen LogP) is 4.81. The Hall–Kier alpha value is -2.74. The molecule has 9 heteroatoms. The van der Waals surface area contributed by atoms with E-state index in [2.05, 4.69) is 10.0 Å². The minimum Gasteiger partial charge on any atom is -0.484 e. The SMILES string of the molecule is O=C(COc1ccc(S(=O)(=O)Nc2ccccc2)cc1)Nc1ccc(Cl)c(Cl)c1. The Kier molecular flexibility index (Phi) is 6.64. The summed E-state index contributed by atoms with van der Waals surface area (Å²) in [5, 5.41) is 3.34. The Bertz CT molecular complexity index is 1110. The van der Waals surface area contributed by atoms with Gasteiger partial charge in [-0.1, -0.05) is 41.4 Å². The first-order valence-electron chi connectivity index (χ1n) is 8.39. The Balaban J connectivity index is 1.57. The molecule has 0 unspecified atom stereocenters. The van der Waals surface area contributed by atoms with Crippen molar-refractivity contribution >= 4 is 50.5 Å². The van der Waals surface area contributed by atoms with Gasteiger partial charge in [0.2, 0.25) is 0 Å². The Morgan fingerprint density at radius 3 is 2.21 bits per heavy atom. The van der Waals surface area contributed by atoms with Gasteiger partial charge in [0.05, 0.1) is 14.9 Å². The van der Waals surface area contributed by atoms with E-state index in [4.69, 9.17) is 27.9 Å². The number of rotatable bonds is 7. The topological polar surface area (TPSA) is 84.5 Å². The number of hydrogen-bond acceptors (Lipinski definition) is 4. The number of amides is 1. The first-order chi connectivity index (χ1) is 13.8. The molecule has 0 aromatic heterocycles. The van der Waals surface area contributed by atoms with Crippen molar-refractivity contribution in [3.63, 3.8) is 0 Å². The fraction of sp³-hybridized carbons (Fsp3) is 0.0500. The average molecular weight is 451 g/mol.